The number of hydrogen-bond donors (Lipinski definition) is 0. The van der Waals surface area contributed by atoms with Gasteiger partial charge in [0.15, 0.2) is 0 Å². The Bertz CT molecular complexity index is 329. The SMILES string of the molecule is CCOC(=O)CN1CCC2(CC(OC(C)(C)C)C2)C1. The third kappa shape index (κ3) is 3.93. The minimum atomic E-state index is -0.0960. The number of likely N-dealkylation sites (tertiary alicyclic amines) is 1. The van der Waals surface area contributed by atoms with Crippen LogP contribution in [0.25, 0.3) is 0 Å². The number of carbonyl (C=O) groups excluding carboxylic acids is 1. The predicted octanol–water partition coefficient (Wildman–Crippen LogP) is 2.22. The molecule has 0 aromatic heterocycles. The Hall–Kier alpha value is -0.610. The second kappa shape index (κ2) is 5.41. The van der Waals surface area contributed by atoms with Crippen LogP contribution in [0.1, 0.15) is 47.0 Å². The largest absolute Gasteiger partial charge is 0.465 e. The second-order valence-corrected chi connectivity index (χ2v) is 7.03. The van der Waals surface area contributed by atoms with Gasteiger partial charge in [0, 0.05) is 6.54 Å². The fourth-order valence-electron chi connectivity index (χ4n) is 3.37. The Labute approximate surface area is 116 Å². The van der Waals surface area contributed by atoms with Gasteiger partial charge in [0.1, 0.15) is 0 Å². The average molecular weight is 269 g/mol. The van der Waals surface area contributed by atoms with Gasteiger partial charge in [0.25, 0.3) is 0 Å². The molecular formula is C15H27NO3. The number of nitrogens with zero attached hydrogens (tertiary/aromatic N) is 1. The van der Waals surface area contributed by atoms with Gasteiger partial charge in [-0.3, -0.25) is 9.69 Å². The number of esters is 1. The van der Waals surface area contributed by atoms with Crippen LogP contribution >= 0.6 is 0 Å². The van der Waals surface area contributed by atoms with Crippen molar-refractivity contribution in [2.45, 2.75) is 58.7 Å². The van der Waals surface area contributed by atoms with Crippen molar-refractivity contribution >= 4 is 5.97 Å². The van der Waals surface area contributed by atoms with Gasteiger partial charge in [-0.15, -0.1) is 0 Å². The first-order valence-electron chi connectivity index (χ1n) is 7.38. The van der Waals surface area contributed by atoms with Crippen LogP contribution in [0.2, 0.25) is 0 Å². The topological polar surface area (TPSA) is 38.8 Å². The summed E-state index contributed by atoms with van der Waals surface area (Å²) >= 11 is 0. The van der Waals surface area contributed by atoms with Crippen molar-refractivity contribution in [2.75, 3.05) is 26.2 Å². The molecular weight excluding hydrogens is 242 g/mol. The van der Waals surface area contributed by atoms with Gasteiger partial charge in [-0.1, -0.05) is 0 Å². The summed E-state index contributed by atoms with van der Waals surface area (Å²) in [6.07, 6.45) is 3.88. The summed E-state index contributed by atoms with van der Waals surface area (Å²) in [5.41, 5.74) is 0.359. The molecule has 1 saturated carbocycles. The molecule has 0 bridgehead atoms. The van der Waals surface area contributed by atoms with E-state index >= 15 is 0 Å². The van der Waals surface area contributed by atoms with E-state index in [-0.39, 0.29) is 11.6 Å². The summed E-state index contributed by atoms with van der Waals surface area (Å²) in [7, 11) is 0. The number of carbonyl (C=O) groups is 1. The molecule has 2 fully saturated rings. The zero-order chi connectivity index (χ0) is 14.1. The maximum atomic E-state index is 11.5. The van der Waals surface area contributed by atoms with Crippen LogP contribution in [0.4, 0.5) is 0 Å². The van der Waals surface area contributed by atoms with Crippen LogP contribution in [0, 0.1) is 5.41 Å². The molecule has 4 nitrogen and oxygen atoms in total. The molecule has 1 saturated heterocycles. The fraction of sp³-hybridized carbons (Fsp3) is 0.933. The first-order valence-corrected chi connectivity index (χ1v) is 7.38. The van der Waals surface area contributed by atoms with Gasteiger partial charge in [-0.25, -0.2) is 0 Å². The third-order valence-electron chi connectivity index (χ3n) is 4.02. The van der Waals surface area contributed by atoms with Gasteiger partial charge in [0.2, 0.25) is 0 Å². The molecule has 0 amide bonds. The normalized spacial score (nSPS) is 31.5. The van der Waals surface area contributed by atoms with Crippen molar-refractivity contribution in [1.82, 2.24) is 4.90 Å². The molecule has 1 spiro atoms. The van der Waals surface area contributed by atoms with Crippen LogP contribution < -0.4 is 0 Å². The fourth-order valence-corrected chi connectivity index (χ4v) is 3.37. The second-order valence-electron chi connectivity index (χ2n) is 7.03. The molecule has 0 aromatic rings. The summed E-state index contributed by atoms with van der Waals surface area (Å²) < 4.78 is 11.0. The molecule has 0 radical (unpaired) electrons. The number of rotatable bonds is 4. The van der Waals surface area contributed by atoms with E-state index in [0.717, 1.165) is 25.9 Å². The van der Waals surface area contributed by atoms with Gasteiger partial charge < -0.3 is 9.47 Å². The van der Waals surface area contributed by atoms with Crippen LogP contribution in [-0.2, 0) is 14.3 Å². The highest BCUT2D eigenvalue weighted by molar-refractivity contribution is 5.71. The summed E-state index contributed by atoms with van der Waals surface area (Å²) in [5, 5.41) is 0. The van der Waals surface area contributed by atoms with Crippen LogP contribution in [0.3, 0.4) is 0 Å². The summed E-state index contributed by atoms with van der Waals surface area (Å²) in [6, 6.07) is 0. The molecule has 4 heteroatoms. The van der Waals surface area contributed by atoms with E-state index in [9.17, 15) is 4.79 Å². The van der Waals surface area contributed by atoms with E-state index in [1.54, 1.807) is 0 Å². The Kier molecular flexibility index (Phi) is 4.21. The Morgan fingerprint density at radius 2 is 2.05 bits per heavy atom. The smallest absolute Gasteiger partial charge is 0.320 e. The van der Waals surface area contributed by atoms with Gasteiger partial charge in [-0.2, -0.15) is 0 Å². The third-order valence-corrected chi connectivity index (χ3v) is 4.02. The molecule has 110 valence electrons. The average Bonchev–Trinajstić information content (AvgIpc) is 2.59. The van der Waals surface area contributed by atoms with Crippen molar-refractivity contribution in [1.29, 1.82) is 0 Å². The highest BCUT2D eigenvalue weighted by Gasteiger charge is 2.49. The lowest BCUT2D eigenvalue weighted by Gasteiger charge is -2.47. The number of ether oxygens (including phenoxy) is 2. The molecule has 1 aliphatic carbocycles. The summed E-state index contributed by atoms with van der Waals surface area (Å²) in [4.78, 5) is 13.7. The Morgan fingerprint density at radius 3 is 2.63 bits per heavy atom. The Morgan fingerprint density at radius 1 is 1.37 bits per heavy atom. The lowest BCUT2D eigenvalue weighted by Crippen LogP contribution is -2.47. The maximum Gasteiger partial charge on any atom is 0.320 e. The molecule has 1 heterocycles. The lowest BCUT2D eigenvalue weighted by molar-refractivity contribution is -0.146. The monoisotopic (exact) mass is 269 g/mol. The highest BCUT2D eigenvalue weighted by atomic mass is 16.5. The van der Waals surface area contributed by atoms with Crippen molar-refractivity contribution in [3.8, 4) is 0 Å². The van der Waals surface area contributed by atoms with Crippen LogP contribution in [0.15, 0.2) is 0 Å². The first kappa shape index (κ1) is 14.8. The van der Waals surface area contributed by atoms with Gasteiger partial charge >= 0.3 is 5.97 Å². The molecule has 1 aliphatic heterocycles. The zero-order valence-electron chi connectivity index (χ0n) is 12.7. The molecule has 0 aromatic carbocycles. The van der Waals surface area contributed by atoms with E-state index in [2.05, 4.69) is 25.7 Å². The summed E-state index contributed by atoms with van der Waals surface area (Å²) in [6.45, 7) is 11.1. The molecule has 0 atom stereocenters. The van der Waals surface area contributed by atoms with E-state index in [1.165, 1.54) is 6.42 Å². The van der Waals surface area contributed by atoms with Crippen molar-refractivity contribution in [2.24, 2.45) is 5.41 Å². The van der Waals surface area contributed by atoms with Crippen LogP contribution in [-0.4, -0.2) is 48.8 Å². The molecule has 0 unspecified atom stereocenters. The zero-order valence-corrected chi connectivity index (χ0v) is 12.7. The standard InChI is InChI=1S/C15H27NO3/c1-5-18-13(17)10-16-7-6-15(11-16)8-12(9-15)19-14(2,3)4/h12H,5-11H2,1-4H3. The van der Waals surface area contributed by atoms with E-state index in [0.29, 0.717) is 24.7 Å². The molecule has 19 heavy (non-hydrogen) atoms. The minimum absolute atomic E-state index is 0.0461. The van der Waals surface area contributed by atoms with Gasteiger partial charge in [-0.05, 0) is 58.9 Å². The van der Waals surface area contributed by atoms with E-state index < -0.39 is 0 Å². The molecule has 2 aliphatic rings. The number of hydrogen-bond acceptors (Lipinski definition) is 4. The van der Waals surface area contributed by atoms with Crippen LogP contribution in [0.5, 0.6) is 0 Å². The molecule has 2 rings (SSSR count). The van der Waals surface area contributed by atoms with E-state index in [4.69, 9.17) is 9.47 Å². The maximum absolute atomic E-state index is 11.5. The quantitative estimate of drug-likeness (QED) is 0.734. The van der Waals surface area contributed by atoms with Crippen molar-refractivity contribution < 1.29 is 14.3 Å². The predicted molar refractivity (Wildman–Crippen MR) is 74.0 cm³/mol. The minimum Gasteiger partial charge on any atom is -0.465 e. The van der Waals surface area contributed by atoms with Crippen molar-refractivity contribution in [3.05, 3.63) is 0 Å². The lowest BCUT2D eigenvalue weighted by atomic mass is 9.66. The summed E-state index contributed by atoms with van der Waals surface area (Å²) in [5.74, 6) is -0.0960. The highest BCUT2D eigenvalue weighted by Crippen LogP contribution is 2.50. The van der Waals surface area contributed by atoms with E-state index in [1.807, 2.05) is 6.92 Å². The van der Waals surface area contributed by atoms with Crippen molar-refractivity contribution in [3.63, 3.8) is 0 Å². The first-order chi connectivity index (χ1) is 8.82. The van der Waals surface area contributed by atoms with Gasteiger partial charge in [0.05, 0.1) is 24.9 Å². The molecule has 0 N–H and O–H groups in total. The Balaban J connectivity index is 1.73.